The third-order valence-corrected chi connectivity index (χ3v) is 16.7. The van der Waals surface area contributed by atoms with Crippen molar-refractivity contribution >= 4 is 102 Å². The van der Waals surface area contributed by atoms with Crippen molar-refractivity contribution in [1.82, 2.24) is 4.57 Å². The van der Waals surface area contributed by atoms with Gasteiger partial charge in [-0.15, -0.1) is 22.7 Å². The molecule has 0 amide bonds. The van der Waals surface area contributed by atoms with E-state index in [-0.39, 0.29) is 5.41 Å². The van der Waals surface area contributed by atoms with Crippen LogP contribution >= 0.6 is 22.7 Å². The predicted molar refractivity (Wildman–Crippen MR) is 290 cm³/mol. The molecule has 14 rings (SSSR count). The fraction of sp³-hybridized carbons (Fsp3) is 0.0476. The van der Waals surface area contributed by atoms with E-state index >= 15 is 0 Å². The Morgan fingerprint density at radius 3 is 1.43 bits per heavy atom. The molecule has 13 aromatic rings. The highest BCUT2D eigenvalue weighted by atomic mass is 32.1. The number of para-hydroxylation sites is 2. The van der Waals surface area contributed by atoms with Crippen molar-refractivity contribution in [3.05, 3.63) is 230 Å². The van der Waals surface area contributed by atoms with Gasteiger partial charge in [0.2, 0.25) is 0 Å². The van der Waals surface area contributed by atoms with Gasteiger partial charge in [0.1, 0.15) is 0 Å². The van der Waals surface area contributed by atoms with Gasteiger partial charge in [-0.25, -0.2) is 0 Å². The SMILES string of the molecule is CC1(C)c2ccccc2N(c2ccc(-c3ccc4sc5ccccc5c4c3)cc2)c2ccc(-c3ccc4c(c3)c3ccccc3n4-c3ccc(-c4ccc5sc6ccccc6c5c4)cc3)cc21. The summed E-state index contributed by atoms with van der Waals surface area (Å²) >= 11 is 3.73. The van der Waals surface area contributed by atoms with E-state index in [1.165, 1.54) is 118 Å². The molecule has 3 aromatic heterocycles. The van der Waals surface area contributed by atoms with Gasteiger partial charge in [-0.2, -0.15) is 0 Å². The van der Waals surface area contributed by atoms with Gasteiger partial charge in [0.15, 0.2) is 0 Å². The Morgan fingerprint density at radius 2 is 0.761 bits per heavy atom. The van der Waals surface area contributed by atoms with Crippen molar-refractivity contribution in [2.75, 3.05) is 4.90 Å². The van der Waals surface area contributed by atoms with E-state index in [0.29, 0.717) is 0 Å². The van der Waals surface area contributed by atoms with Gasteiger partial charge in [0, 0.05) is 67.9 Å². The average Bonchev–Trinajstić information content (AvgIpc) is 4.05. The highest BCUT2D eigenvalue weighted by molar-refractivity contribution is 7.26. The lowest BCUT2D eigenvalue weighted by Gasteiger charge is -2.42. The first kappa shape index (κ1) is 38.5. The van der Waals surface area contributed by atoms with E-state index in [4.69, 9.17) is 0 Å². The Morgan fingerprint density at radius 1 is 0.313 bits per heavy atom. The second-order valence-electron chi connectivity index (χ2n) is 18.5. The highest BCUT2D eigenvalue weighted by Crippen LogP contribution is 2.53. The van der Waals surface area contributed by atoms with E-state index in [0.717, 1.165) is 11.4 Å². The second kappa shape index (κ2) is 14.6. The van der Waals surface area contributed by atoms with Crippen LogP contribution in [0.2, 0.25) is 0 Å². The summed E-state index contributed by atoms with van der Waals surface area (Å²) in [5.74, 6) is 0. The lowest BCUT2D eigenvalue weighted by atomic mass is 9.73. The van der Waals surface area contributed by atoms with Gasteiger partial charge < -0.3 is 9.47 Å². The van der Waals surface area contributed by atoms with Crippen LogP contribution in [0.1, 0.15) is 25.0 Å². The van der Waals surface area contributed by atoms with Gasteiger partial charge in [-0.1, -0.05) is 135 Å². The van der Waals surface area contributed by atoms with Crippen molar-refractivity contribution < 1.29 is 0 Å². The zero-order chi connectivity index (χ0) is 44.4. The van der Waals surface area contributed by atoms with E-state index in [1.54, 1.807) is 0 Å². The zero-order valence-electron chi connectivity index (χ0n) is 37.0. The third-order valence-electron chi connectivity index (χ3n) is 14.4. The first-order chi connectivity index (χ1) is 32.9. The molecule has 0 saturated heterocycles. The maximum absolute atomic E-state index is 2.46. The number of fused-ring (bicyclic) bond motifs is 11. The Labute approximate surface area is 396 Å². The van der Waals surface area contributed by atoms with E-state index in [9.17, 15) is 0 Å². The molecule has 0 aliphatic carbocycles. The number of nitrogens with zero attached hydrogens (tertiary/aromatic N) is 2. The molecule has 0 spiro atoms. The Balaban J connectivity index is 0.828. The quantitative estimate of drug-likeness (QED) is 0.167. The minimum Gasteiger partial charge on any atom is -0.310 e. The van der Waals surface area contributed by atoms with Crippen LogP contribution in [-0.2, 0) is 5.41 Å². The number of anilines is 3. The Kier molecular flexibility index (Phi) is 8.40. The van der Waals surface area contributed by atoms with E-state index in [2.05, 4.69) is 242 Å². The molecule has 0 saturated carbocycles. The van der Waals surface area contributed by atoms with Gasteiger partial charge >= 0.3 is 0 Å². The minimum atomic E-state index is -0.216. The molecule has 0 unspecified atom stereocenters. The predicted octanol–water partition coefficient (Wildman–Crippen LogP) is 18.6. The first-order valence-corrected chi connectivity index (χ1v) is 24.7. The molecule has 1 aliphatic rings. The molecule has 4 heteroatoms. The molecule has 0 bridgehead atoms. The van der Waals surface area contributed by atoms with Crippen LogP contribution in [0.5, 0.6) is 0 Å². The largest absolute Gasteiger partial charge is 0.310 e. The van der Waals surface area contributed by atoms with Crippen LogP contribution in [0.15, 0.2) is 218 Å². The first-order valence-electron chi connectivity index (χ1n) is 23.1. The summed E-state index contributed by atoms with van der Waals surface area (Å²) in [6.45, 7) is 4.76. The molecule has 0 radical (unpaired) electrons. The van der Waals surface area contributed by atoms with E-state index < -0.39 is 0 Å². The number of benzene rings is 10. The second-order valence-corrected chi connectivity index (χ2v) is 20.7. The van der Waals surface area contributed by atoms with Crippen LogP contribution in [0.25, 0.3) is 101 Å². The maximum Gasteiger partial charge on any atom is 0.0541 e. The van der Waals surface area contributed by atoms with Crippen LogP contribution in [0.3, 0.4) is 0 Å². The molecule has 0 fully saturated rings. The summed E-state index contributed by atoms with van der Waals surface area (Å²) in [7, 11) is 0. The molecule has 67 heavy (non-hydrogen) atoms. The van der Waals surface area contributed by atoms with Crippen molar-refractivity contribution in [3.8, 4) is 39.1 Å². The smallest absolute Gasteiger partial charge is 0.0541 e. The van der Waals surface area contributed by atoms with E-state index in [1.807, 2.05) is 22.7 Å². The van der Waals surface area contributed by atoms with Crippen LogP contribution in [0, 0.1) is 0 Å². The molecule has 316 valence electrons. The Hall–Kier alpha value is -7.76. The number of hydrogen-bond acceptors (Lipinski definition) is 3. The van der Waals surface area contributed by atoms with Gasteiger partial charge in [-0.05, 0) is 142 Å². The summed E-state index contributed by atoms with van der Waals surface area (Å²) in [6.07, 6.45) is 0. The molecule has 1 aliphatic heterocycles. The highest BCUT2D eigenvalue weighted by Gasteiger charge is 2.37. The molecule has 4 heterocycles. The van der Waals surface area contributed by atoms with Crippen molar-refractivity contribution in [1.29, 1.82) is 0 Å². The summed E-state index contributed by atoms with van der Waals surface area (Å²) in [5, 5.41) is 7.82. The monoisotopic (exact) mass is 890 g/mol. The number of rotatable bonds is 5. The lowest BCUT2D eigenvalue weighted by molar-refractivity contribution is 0.632. The standard InChI is InChI=1S/C63H42N2S2/c1-63(2)53-14-6-8-16-57(53)65(46-29-21-40(22-30-46)42-26-34-62-52(37-42)49-13-5-10-18-60(49)67-62)58-32-24-44(38-54(58)63)43-23-31-56-50(35-43)47-11-3-7-15-55(47)64(56)45-27-19-39(20-28-45)41-25-33-61-51(36-41)48-12-4-9-17-59(48)66-61/h3-38H,1-2H3. The van der Waals surface area contributed by atoms with Gasteiger partial charge in [0.05, 0.1) is 22.4 Å². The zero-order valence-corrected chi connectivity index (χ0v) is 38.6. The maximum atomic E-state index is 2.46. The Bertz CT molecular complexity index is 4130. The average molecular weight is 891 g/mol. The number of thiophene rings is 2. The van der Waals surface area contributed by atoms with Crippen molar-refractivity contribution in [2.45, 2.75) is 19.3 Å². The molecule has 10 aromatic carbocycles. The summed E-state index contributed by atoms with van der Waals surface area (Å²) in [4.78, 5) is 2.46. The summed E-state index contributed by atoms with van der Waals surface area (Å²) < 4.78 is 7.75. The van der Waals surface area contributed by atoms with Crippen LogP contribution < -0.4 is 4.90 Å². The summed E-state index contributed by atoms with van der Waals surface area (Å²) in [5.41, 5.74) is 16.9. The lowest BCUT2D eigenvalue weighted by Crippen LogP contribution is -2.30. The third kappa shape index (κ3) is 5.93. The molecular formula is C63H42N2S2. The molecule has 0 N–H and O–H groups in total. The molecular weight excluding hydrogens is 849 g/mol. The summed E-state index contributed by atoms with van der Waals surface area (Å²) in [6, 6.07) is 81.5. The normalized spacial score (nSPS) is 13.3. The number of hydrogen-bond donors (Lipinski definition) is 0. The topological polar surface area (TPSA) is 8.17 Å². The number of aromatic nitrogens is 1. The fourth-order valence-corrected chi connectivity index (χ4v) is 13.2. The minimum absolute atomic E-state index is 0.216. The van der Waals surface area contributed by atoms with Crippen LogP contribution in [0.4, 0.5) is 17.1 Å². The van der Waals surface area contributed by atoms with Crippen LogP contribution in [-0.4, -0.2) is 4.57 Å². The fourth-order valence-electron chi connectivity index (χ4n) is 11.0. The van der Waals surface area contributed by atoms with Crippen molar-refractivity contribution in [2.24, 2.45) is 0 Å². The molecule has 2 nitrogen and oxygen atoms in total. The van der Waals surface area contributed by atoms with Crippen molar-refractivity contribution in [3.63, 3.8) is 0 Å². The van der Waals surface area contributed by atoms with Gasteiger partial charge in [0.25, 0.3) is 0 Å². The van der Waals surface area contributed by atoms with Gasteiger partial charge in [-0.3, -0.25) is 0 Å². The molecule has 0 atom stereocenters.